The second kappa shape index (κ2) is 4.95. The first-order valence-corrected chi connectivity index (χ1v) is 7.12. The number of hydrogen-bond acceptors (Lipinski definition) is 3. The Morgan fingerprint density at radius 1 is 1.30 bits per heavy atom. The minimum absolute atomic E-state index is 0.131. The van der Waals surface area contributed by atoms with Crippen molar-refractivity contribution in [1.29, 1.82) is 5.26 Å². The fourth-order valence-corrected chi connectivity index (χ4v) is 3.10. The lowest BCUT2D eigenvalue weighted by atomic mass is 10.0. The van der Waals surface area contributed by atoms with E-state index in [1.807, 2.05) is 53.4 Å². The third kappa shape index (κ3) is 1.93. The van der Waals surface area contributed by atoms with Crippen molar-refractivity contribution >= 4 is 28.0 Å². The van der Waals surface area contributed by atoms with Crippen LogP contribution in [0.15, 0.2) is 47.8 Å². The molecule has 0 saturated heterocycles. The van der Waals surface area contributed by atoms with Crippen molar-refractivity contribution in [3.63, 3.8) is 0 Å². The number of ketones is 1. The van der Waals surface area contributed by atoms with Crippen molar-refractivity contribution in [2.75, 3.05) is 0 Å². The molecule has 0 aliphatic carbocycles. The number of carbonyl (C=O) groups is 1. The Hall–Kier alpha value is -2.38. The number of fused-ring (bicyclic) bond motifs is 1. The number of aromatic nitrogens is 1. The summed E-state index contributed by atoms with van der Waals surface area (Å²) in [4.78, 5) is 13.1. The molecular weight excluding hydrogens is 268 g/mol. The lowest BCUT2D eigenvalue weighted by Gasteiger charge is -2.09. The van der Waals surface area contributed by atoms with E-state index in [0.717, 1.165) is 16.6 Å². The molecule has 3 nitrogen and oxygen atoms in total. The molecule has 2 aromatic heterocycles. The average Bonchev–Trinajstić information content (AvgIpc) is 3.09. The van der Waals surface area contributed by atoms with Gasteiger partial charge in [-0.25, -0.2) is 0 Å². The maximum Gasteiger partial charge on any atom is 0.195 e. The maximum atomic E-state index is 12.4. The van der Waals surface area contributed by atoms with Crippen molar-refractivity contribution < 1.29 is 4.79 Å². The third-order valence-electron chi connectivity index (χ3n) is 3.44. The number of nitriles is 1. The zero-order valence-corrected chi connectivity index (χ0v) is 11.7. The summed E-state index contributed by atoms with van der Waals surface area (Å²) < 4.78 is 1.93. The van der Waals surface area contributed by atoms with Crippen molar-refractivity contribution in [1.82, 2.24) is 4.57 Å². The maximum absolute atomic E-state index is 12.4. The van der Waals surface area contributed by atoms with Crippen LogP contribution in [0.2, 0.25) is 0 Å². The lowest BCUT2D eigenvalue weighted by Crippen LogP contribution is -2.13. The number of carbonyl (C=O) groups excluding carboxylic acids is 1. The SMILES string of the molecule is Cn1c(C(C#N)C(=O)c2cccs2)cc2ccccc21. The normalized spacial score (nSPS) is 12.2. The summed E-state index contributed by atoms with van der Waals surface area (Å²) in [7, 11) is 1.89. The summed E-state index contributed by atoms with van der Waals surface area (Å²) in [6.07, 6.45) is 0. The summed E-state index contributed by atoms with van der Waals surface area (Å²) >= 11 is 1.37. The molecule has 0 bridgehead atoms. The molecule has 20 heavy (non-hydrogen) atoms. The van der Waals surface area contributed by atoms with E-state index in [1.54, 1.807) is 6.07 Å². The van der Waals surface area contributed by atoms with Gasteiger partial charge in [0.2, 0.25) is 0 Å². The summed E-state index contributed by atoms with van der Waals surface area (Å²) in [6.45, 7) is 0. The quantitative estimate of drug-likeness (QED) is 0.686. The molecule has 0 amide bonds. The Bertz CT molecular complexity index is 809. The second-order valence-corrected chi connectivity index (χ2v) is 5.54. The molecule has 0 aliphatic rings. The van der Waals surface area contributed by atoms with Gasteiger partial charge in [-0.1, -0.05) is 24.3 Å². The topological polar surface area (TPSA) is 45.8 Å². The first-order valence-electron chi connectivity index (χ1n) is 6.24. The molecule has 1 unspecified atom stereocenters. The van der Waals surface area contributed by atoms with Crippen LogP contribution < -0.4 is 0 Å². The molecule has 1 aromatic carbocycles. The van der Waals surface area contributed by atoms with Crippen LogP contribution in [0, 0.1) is 11.3 Å². The van der Waals surface area contributed by atoms with Gasteiger partial charge in [-0.2, -0.15) is 5.26 Å². The summed E-state index contributed by atoms with van der Waals surface area (Å²) in [5.74, 6) is -0.889. The highest BCUT2D eigenvalue weighted by molar-refractivity contribution is 7.12. The molecule has 0 fully saturated rings. The molecule has 0 aliphatic heterocycles. The summed E-state index contributed by atoms with van der Waals surface area (Å²) in [5.41, 5.74) is 1.77. The predicted molar refractivity (Wildman–Crippen MR) is 79.9 cm³/mol. The van der Waals surface area contributed by atoms with Crippen LogP contribution in [0.5, 0.6) is 0 Å². The van der Waals surface area contributed by atoms with E-state index < -0.39 is 5.92 Å². The number of rotatable bonds is 3. The van der Waals surface area contributed by atoms with E-state index in [4.69, 9.17) is 0 Å². The first kappa shape index (κ1) is 12.6. The van der Waals surface area contributed by atoms with Gasteiger partial charge in [-0.15, -0.1) is 11.3 Å². The van der Waals surface area contributed by atoms with Crippen LogP contribution in [-0.4, -0.2) is 10.4 Å². The predicted octanol–water partition coefficient (Wildman–Crippen LogP) is 3.73. The zero-order valence-electron chi connectivity index (χ0n) is 10.9. The van der Waals surface area contributed by atoms with E-state index in [9.17, 15) is 10.1 Å². The van der Waals surface area contributed by atoms with Crippen molar-refractivity contribution in [3.05, 3.63) is 58.4 Å². The fraction of sp³-hybridized carbons (Fsp3) is 0.125. The largest absolute Gasteiger partial charge is 0.346 e. The number of benzene rings is 1. The molecular formula is C16H12N2OS. The first-order chi connectivity index (χ1) is 9.72. The van der Waals surface area contributed by atoms with Crippen LogP contribution >= 0.6 is 11.3 Å². The van der Waals surface area contributed by atoms with Gasteiger partial charge in [-0.3, -0.25) is 4.79 Å². The van der Waals surface area contributed by atoms with Gasteiger partial charge in [0.05, 0.1) is 10.9 Å². The molecule has 3 aromatic rings. The standard InChI is InChI=1S/C16H12N2OS/c1-18-13-6-3-2-5-11(13)9-14(18)12(10-17)16(19)15-7-4-8-20-15/h2-9,12H,1H3. The number of thiophene rings is 1. The average molecular weight is 280 g/mol. The van der Waals surface area contributed by atoms with E-state index in [2.05, 4.69) is 6.07 Å². The third-order valence-corrected chi connectivity index (χ3v) is 4.32. The molecule has 98 valence electrons. The highest BCUT2D eigenvalue weighted by atomic mass is 32.1. The number of para-hydroxylation sites is 1. The zero-order chi connectivity index (χ0) is 14.1. The molecule has 3 rings (SSSR count). The van der Waals surface area contributed by atoms with Crippen molar-refractivity contribution in [2.24, 2.45) is 7.05 Å². The second-order valence-electron chi connectivity index (χ2n) is 4.59. The van der Waals surface area contributed by atoms with Crippen LogP contribution in [0.3, 0.4) is 0 Å². The fourth-order valence-electron chi connectivity index (χ4n) is 2.41. The van der Waals surface area contributed by atoms with Crippen LogP contribution in [0.4, 0.5) is 0 Å². The van der Waals surface area contributed by atoms with E-state index in [0.29, 0.717) is 4.88 Å². The smallest absolute Gasteiger partial charge is 0.195 e. The minimum atomic E-state index is -0.758. The molecule has 0 spiro atoms. The van der Waals surface area contributed by atoms with E-state index in [-0.39, 0.29) is 5.78 Å². The number of Topliss-reactive ketones (excluding diaryl/α,β-unsaturated/α-hetero) is 1. The van der Waals surface area contributed by atoms with Gasteiger partial charge in [0.1, 0.15) is 0 Å². The Balaban J connectivity index is 2.11. The summed E-state index contributed by atoms with van der Waals surface area (Å²) in [6, 6.07) is 15.5. The van der Waals surface area contributed by atoms with Crippen molar-refractivity contribution in [2.45, 2.75) is 5.92 Å². The van der Waals surface area contributed by atoms with E-state index >= 15 is 0 Å². The van der Waals surface area contributed by atoms with Gasteiger partial charge in [0.25, 0.3) is 0 Å². The minimum Gasteiger partial charge on any atom is -0.346 e. The van der Waals surface area contributed by atoms with Gasteiger partial charge in [-0.05, 0) is 29.0 Å². The molecule has 1 atom stereocenters. The van der Waals surface area contributed by atoms with Gasteiger partial charge < -0.3 is 4.57 Å². The summed E-state index contributed by atoms with van der Waals surface area (Å²) in [5, 5.41) is 12.3. The molecule has 0 radical (unpaired) electrons. The number of hydrogen-bond donors (Lipinski definition) is 0. The van der Waals surface area contributed by atoms with Crippen LogP contribution in [0.1, 0.15) is 21.3 Å². The Labute approximate surface area is 120 Å². The monoisotopic (exact) mass is 280 g/mol. The molecule has 0 N–H and O–H groups in total. The highest BCUT2D eigenvalue weighted by Gasteiger charge is 2.25. The Morgan fingerprint density at radius 3 is 2.75 bits per heavy atom. The van der Waals surface area contributed by atoms with E-state index in [1.165, 1.54) is 11.3 Å². The Morgan fingerprint density at radius 2 is 2.10 bits per heavy atom. The molecule has 4 heteroatoms. The highest BCUT2D eigenvalue weighted by Crippen LogP contribution is 2.28. The van der Waals surface area contributed by atoms with Crippen LogP contribution in [-0.2, 0) is 7.05 Å². The lowest BCUT2D eigenvalue weighted by molar-refractivity contribution is 0.0980. The number of nitrogens with zero attached hydrogens (tertiary/aromatic N) is 2. The van der Waals surface area contributed by atoms with Gasteiger partial charge >= 0.3 is 0 Å². The van der Waals surface area contributed by atoms with Crippen LogP contribution in [0.25, 0.3) is 10.9 Å². The number of aryl methyl sites for hydroxylation is 1. The Kier molecular flexibility index (Phi) is 3.13. The van der Waals surface area contributed by atoms with Gasteiger partial charge in [0.15, 0.2) is 11.7 Å². The molecule has 2 heterocycles. The molecule has 0 saturated carbocycles. The van der Waals surface area contributed by atoms with Gasteiger partial charge in [0, 0.05) is 18.3 Å². The van der Waals surface area contributed by atoms with Crippen molar-refractivity contribution in [3.8, 4) is 6.07 Å².